The van der Waals surface area contributed by atoms with Gasteiger partial charge in [0.1, 0.15) is 6.10 Å². The smallest absolute Gasteiger partial charge is 0.338 e. The summed E-state index contributed by atoms with van der Waals surface area (Å²) in [4.78, 5) is 27.2. The summed E-state index contributed by atoms with van der Waals surface area (Å²) in [7, 11) is 1.55. The van der Waals surface area contributed by atoms with Crippen molar-refractivity contribution < 1.29 is 23.8 Å². The van der Waals surface area contributed by atoms with E-state index in [9.17, 15) is 9.59 Å². The summed E-state index contributed by atoms with van der Waals surface area (Å²) in [6.45, 7) is 1.74. The molecule has 150 valence electrons. The first-order valence-electron chi connectivity index (χ1n) is 10.1. The van der Waals surface area contributed by atoms with E-state index in [4.69, 9.17) is 14.2 Å². The Morgan fingerprint density at radius 3 is 2.75 bits per heavy atom. The van der Waals surface area contributed by atoms with Gasteiger partial charge in [0.25, 0.3) is 5.91 Å². The topological polar surface area (TPSA) is 65.1 Å². The molecule has 1 atom stereocenters. The fourth-order valence-electron chi connectivity index (χ4n) is 4.02. The second-order valence-corrected chi connectivity index (χ2v) is 7.81. The molecule has 1 aromatic carbocycles. The number of allylic oxidation sites excluding steroid dienone is 2. The van der Waals surface area contributed by atoms with Crippen LogP contribution in [0.15, 0.2) is 23.9 Å². The second kappa shape index (κ2) is 7.86. The minimum absolute atomic E-state index is 0.0487. The number of esters is 1. The van der Waals surface area contributed by atoms with Crippen LogP contribution in [0.4, 0.5) is 0 Å². The van der Waals surface area contributed by atoms with Gasteiger partial charge in [0.15, 0.2) is 18.1 Å². The van der Waals surface area contributed by atoms with Gasteiger partial charge in [0.05, 0.1) is 12.7 Å². The van der Waals surface area contributed by atoms with E-state index in [2.05, 4.69) is 6.08 Å². The molecule has 2 aliphatic carbocycles. The monoisotopic (exact) mass is 385 g/mol. The van der Waals surface area contributed by atoms with Crippen molar-refractivity contribution in [1.82, 2.24) is 4.90 Å². The molecule has 0 bridgehead atoms. The van der Waals surface area contributed by atoms with Crippen molar-refractivity contribution in [3.8, 4) is 11.5 Å². The van der Waals surface area contributed by atoms with Crippen molar-refractivity contribution in [2.45, 2.75) is 64.0 Å². The molecule has 6 nitrogen and oxygen atoms in total. The van der Waals surface area contributed by atoms with Crippen LogP contribution in [0.25, 0.3) is 0 Å². The van der Waals surface area contributed by atoms with Gasteiger partial charge < -0.3 is 19.1 Å². The Kier molecular flexibility index (Phi) is 5.29. The summed E-state index contributed by atoms with van der Waals surface area (Å²) < 4.78 is 16.5. The SMILES string of the molecule is COc1cc(C(=O)OCC(=O)N(C2=CCCCC2)C2CC2)cc2c1OC(C)C2. The van der Waals surface area contributed by atoms with Crippen LogP contribution < -0.4 is 9.47 Å². The maximum Gasteiger partial charge on any atom is 0.338 e. The molecule has 0 saturated heterocycles. The first-order chi connectivity index (χ1) is 13.6. The molecule has 3 aliphatic rings. The normalized spacial score (nSPS) is 20.6. The van der Waals surface area contributed by atoms with Crippen molar-refractivity contribution in [2.75, 3.05) is 13.7 Å². The van der Waals surface area contributed by atoms with Crippen molar-refractivity contribution in [3.63, 3.8) is 0 Å². The summed E-state index contributed by atoms with van der Waals surface area (Å²) in [5.41, 5.74) is 2.41. The fraction of sp³-hybridized carbons (Fsp3) is 0.545. The molecule has 0 radical (unpaired) electrons. The zero-order valence-electron chi connectivity index (χ0n) is 16.5. The number of carbonyl (C=O) groups is 2. The zero-order valence-corrected chi connectivity index (χ0v) is 16.5. The molecule has 0 spiro atoms. The van der Waals surface area contributed by atoms with E-state index in [1.165, 1.54) is 6.42 Å². The van der Waals surface area contributed by atoms with Crippen LogP contribution in [-0.4, -0.2) is 42.6 Å². The van der Waals surface area contributed by atoms with Crippen LogP contribution >= 0.6 is 0 Å². The molecule has 1 aromatic rings. The van der Waals surface area contributed by atoms with E-state index in [-0.39, 0.29) is 24.7 Å². The molecule has 1 saturated carbocycles. The molecule has 4 rings (SSSR count). The van der Waals surface area contributed by atoms with E-state index in [0.717, 1.165) is 49.8 Å². The van der Waals surface area contributed by atoms with Crippen LogP contribution in [-0.2, 0) is 16.0 Å². The highest BCUT2D eigenvalue weighted by atomic mass is 16.5. The van der Waals surface area contributed by atoms with E-state index in [1.807, 2.05) is 11.8 Å². The van der Waals surface area contributed by atoms with Gasteiger partial charge in [0.2, 0.25) is 0 Å². The summed E-state index contributed by atoms with van der Waals surface area (Å²) in [5.74, 6) is 0.565. The Labute approximate surface area is 165 Å². The third-order valence-corrected chi connectivity index (χ3v) is 5.50. The number of hydrogen-bond acceptors (Lipinski definition) is 5. The van der Waals surface area contributed by atoms with Gasteiger partial charge in [-0.2, -0.15) is 0 Å². The van der Waals surface area contributed by atoms with E-state index < -0.39 is 5.97 Å². The van der Waals surface area contributed by atoms with Gasteiger partial charge >= 0.3 is 5.97 Å². The van der Waals surface area contributed by atoms with Gasteiger partial charge in [-0.3, -0.25) is 4.79 Å². The molecule has 28 heavy (non-hydrogen) atoms. The first-order valence-corrected chi connectivity index (χ1v) is 10.1. The Morgan fingerprint density at radius 1 is 1.25 bits per heavy atom. The Hall–Kier alpha value is -2.50. The molecule has 1 aliphatic heterocycles. The number of hydrogen-bond donors (Lipinski definition) is 0. The van der Waals surface area contributed by atoms with Crippen molar-refractivity contribution in [3.05, 3.63) is 35.0 Å². The number of carbonyl (C=O) groups excluding carboxylic acids is 2. The number of benzene rings is 1. The van der Waals surface area contributed by atoms with Gasteiger partial charge in [-0.05, 0) is 57.6 Å². The standard InChI is InChI=1S/C22H27NO5/c1-14-10-15-11-16(12-19(26-2)21(15)28-14)22(25)27-13-20(24)23(18-8-9-18)17-6-4-3-5-7-17/h6,11-12,14,18H,3-5,7-10,13H2,1-2H3. The molecule has 0 N–H and O–H groups in total. The largest absolute Gasteiger partial charge is 0.493 e. The lowest BCUT2D eigenvalue weighted by Gasteiger charge is -2.27. The van der Waals surface area contributed by atoms with Crippen LogP contribution in [0, 0.1) is 0 Å². The molecule has 1 heterocycles. The number of methoxy groups -OCH3 is 1. The summed E-state index contributed by atoms with van der Waals surface area (Å²) >= 11 is 0. The quantitative estimate of drug-likeness (QED) is 0.700. The predicted molar refractivity (Wildman–Crippen MR) is 103 cm³/mol. The van der Waals surface area contributed by atoms with Crippen molar-refractivity contribution in [1.29, 1.82) is 0 Å². The number of rotatable bonds is 6. The van der Waals surface area contributed by atoms with Gasteiger partial charge in [-0.1, -0.05) is 6.08 Å². The third kappa shape index (κ3) is 3.86. The second-order valence-electron chi connectivity index (χ2n) is 7.81. The van der Waals surface area contributed by atoms with Crippen LogP contribution in [0.3, 0.4) is 0 Å². The summed E-state index contributed by atoms with van der Waals surface area (Å²) in [6, 6.07) is 3.66. The van der Waals surface area contributed by atoms with Gasteiger partial charge in [-0.25, -0.2) is 4.79 Å². The molecular weight excluding hydrogens is 358 g/mol. The predicted octanol–water partition coefficient (Wildman–Crippen LogP) is 3.62. The molecule has 1 unspecified atom stereocenters. The molecule has 6 heteroatoms. The highest BCUT2D eigenvalue weighted by Crippen LogP contribution is 2.39. The van der Waals surface area contributed by atoms with Crippen molar-refractivity contribution >= 4 is 11.9 Å². The highest BCUT2D eigenvalue weighted by molar-refractivity contribution is 5.92. The number of ether oxygens (including phenoxy) is 3. The molecule has 1 amide bonds. The maximum absolute atomic E-state index is 12.8. The van der Waals surface area contributed by atoms with Crippen LogP contribution in [0.1, 0.15) is 61.4 Å². The van der Waals surface area contributed by atoms with E-state index in [1.54, 1.807) is 19.2 Å². The summed E-state index contributed by atoms with van der Waals surface area (Å²) in [6.07, 6.45) is 9.20. The van der Waals surface area contributed by atoms with E-state index >= 15 is 0 Å². The minimum Gasteiger partial charge on any atom is -0.493 e. The van der Waals surface area contributed by atoms with Crippen molar-refractivity contribution in [2.24, 2.45) is 0 Å². The lowest BCUT2D eigenvalue weighted by molar-refractivity contribution is -0.133. The van der Waals surface area contributed by atoms with Gasteiger partial charge in [0, 0.05) is 23.7 Å². The maximum atomic E-state index is 12.8. The Bertz CT molecular complexity index is 811. The highest BCUT2D eigenvalue weighted by Gasteiger charge is 2.35. The average molecular weight is 385 g/mol. The zero-order chi connectivity index (χ0) is 19.7. The lowest BCUT2D eigenvalue weighted by atomic mass is 10.0. The molecule has 1 fully saturated rings. The van der Waals surface area contributed by atoms with Crippen LogP contribution in [0.2, 0.25) is 0 Å². The average Bonchev–Trinajstić information content (AvgIpc) is 3.45. The number of fused-ring (bicyclic) bond motifs is 1. The van der Waals surface area contributed by atoms with E-state index in [0.29, 0.717) is 17.1 Å². The number of amides is 1. The first kappa shape index (κ1) is 18.8. The Balaban J connectivity index is 1.43. The third-order valence-electron chi connectivity index (χ3n) is 5.50. The van der Waals surface area contributed by atoms with Crippen LogP contribution in [0.5, 0.6) is 11.5 Å². The van der Waals surface area contributed by atoms with Gasteiger partial charge in [-0.15, -0.1) is 0 Å². The summed E-state index contributed by atoms with van der Waals surface area (Å²) in [5, 5.41) is 0. The minimum atomic E-state index is -0.512. The Morgan fingerprint density at radius 2 is 2.07 bits per heavy atom. The molecule has 0 aromatic heterocycles. The fourth-order valence-corrected chi connectivity index (χ4v) is 4.02. The number of nitrogens with zero attached hydrogens (tertiary/aromatic N) is 1. The molecular formula is C22H27NO5. The lowest BCUT2D eigenvalue weighted by Crippen LogP contribution is -2.36.